The highest BCUT2D eigenvalue weighted by molar-refractivity contribution is 9.10. The maximum Gasteiger partial charge on any atom is 0.152 e. The van der Waals surface area contributed by atoms with Crippen LogP contribution in [0.5, 0.6) is 5.75 Å². The van der Waals surface area contributed by atoms with Gasteiger partial charge >= 0.3 is 0 Å². The highest BCUT2D eigenvalue weighted by Gasteiger charge is 2.12. The van der Waals surface area contributed by atoms with Crippen LogP contribution in [0.1, 0.15) is 10.4 Å². The Bertz CT molecular complexity index is 598. The molecule has 19 heavy (non-hydrogen) atoms. The first-order chi connectivity index (χ1) is 9.17. The smallest absolute Gasteiger partial charge is 0.152 e. The van der Waals surface area contributed by atoms with Gasteiger partial charge in [-0.3, -0.25) is 4.79 Å². The molecule has 2 aromatic carbocycles. The topological polar surface area (TPSA) is 29.5 Å². The number of rotatable bonds is 4. The van der Waals surface area contributed by atoms with Gasteiger partial charge in [0, 0.05) is 17.1 Å². The lowest BCUT2D eigenvalue weighted by molar-refractivity contribution is 0.112. The molecule has 2 aromatic rings. The van der Waals surface area contributed by atoms with Crippen LogP contribution in [0, 0.1) is 0 Å². The van der Waals surface area contributed by atoms with Crippen molar-refractivity contribution in [3.63, 3.8) is 0 Å². The molecular formula is C15H14BrNO2. The minimum atomic E-state index is 0.628. The lowest BCUT2D eigenvalue weighted by Gasteiger charge is -2.23. The Hall–Kier alpha value is -1.81. The third-order valence-corrected chi connectivity index (χ3v) is 3.42. The molecule has 0 aliphatic carbocycles. The summed E-state index contributed by atoms with van der Waals surface area (Å²) < 4.78 is 6.23. The molecule has 4 heteroatoms. The SMILES string of the molecule is COc1ccccc1N(C)c1ccc(Br)cc1C=O. The average molecular weight is 320 g/mol. The van der Waals surface area contributed by atoms with Gasteiger partial charge in [0.25, 0.3) is 0 Å². The zero-order valence-electron chi connectivity index (χ0n) is 10.8. The van der Waals surface area contributed by atoms with Gasteiger partial charge in [-0.1, -0.05) is 28.1 Å². The fourth-order valence-electron chi connectivity index (χ4n) is 1.96. The van der Waals surface area contributed by atoms with E-state index in [4.69, 9.17) is 4.74 Å². The van der Waals surface area contributed by atoms with Crippen LogP contribution in [0.2, 0.25) is 0 Å². The number of carbonyl (C=O) groups is 1. The van der Waals surface area contributed by atoms with E-state index in [-0.39, 0.29) is 0 Å². The van der Waals surface area contributed by atoms with Crippen LogP contribution in [0.3, 0.4) is 0 Å². The van der Waals surface area contributed by atoms with Gasteiger partial charge < -0.3 is 9.64 Å². The molecule has 0 aliphatic heterocycles. The third-order valence-electron chi connectivity index (χ3n) is 2.92. The van der Waals surface area contributed by atoms with Crippen LogP contribution in [0.15, 0.2) is 46.9 Å². The van der Waals surface area contributed by atoms with Gasteiger partial charge in [0.2, 0.25) is 0 Å². The van der Waals surface area contributed by atoms with Gasteiger partial charge in [-0.25, -0.2) is 0 Å². The van der Waals surface area contributed by atoms with Gasteiger partial charge in [-0.05, 0) is 30.3 Å². The number of anilines is 2. The van der Waals surface area contributed by atoms with Gasteiger partial charge in [-0.2, -0.15) is 0 Å². The van der Waals surface area contributed by atoms with Crippen molar-refractivity contribution in [2.24, 2.45) is 0 Å². The molecule has 0 spiro atoms. The van der Waals surface area contributed by atoms with Gasteiger partial charge in [0.1, 0.15) is 5.75 Å². The monoisotopic (exact) mass is 319 g/mol. The molecule has 0 fully saturated rings. The third kappa shape index (κ3) is 2.79. The van der Waals surface area contributed by atoms with Crippen molar-refractivity contribution in [1.29, 1.82) is 0 Å². The normalized spacial score (nSPS) is 10.1. The Labute approximate surface area is 120 Å². The van der Waals surface area contributed by atoms with E-state index in [1.54, 1.807) is 13.2 Å². The minimum Gasteiger partial charge on any atom is -0.495 e. The second kappa shape index (κ2) is 5.89. The molecule has 0 aliphatic rings. The average Bonchev–Trinajstić information content (AvgIpc) is 2.46. The van der Waals surface area contributed by atoms with Crippen molar-refractivity contribution in [2.45, 2.75) is 0 Å². The van der Waals surface area contributed by atoms with Crippen molar-refractivity contribution >= 4 is 33.6 Å². The molecule has 0 N–H and O–H groups in total. The number of halogens is 1. The van der Waals surface area contributed by atoms with Crippen LogP contribution in [-0.2, 0) is 0 Å². The summed E-state index contributed by atoms with van der Waals surface area (Å²) in [6.07, 6.45) is 0.853. The number of methoxy groups -OCH3 is 1. The summed E-state index contributed by atoms with van der Waals surface area (Å²) in [4.78, 5) is 13.1. The highest BCUT2D eigenvalue weighted by Crippen LogP contribution is 2.34. The largest absolute Gasteiger partial charge is 0.495 e. The summed E-state index contributed by atoms with van der Waals surface area (Å²) in [6.45, 7) is 0. The first-order valence-corrected chi connectivity index (χ1v) is 6.58. The predicted molar refractivity (Wildman–Crippen MR) is 80.6 cm³/mol. The van der Waals surface area contributed by atoms with Crippen LogP contribution >= 0.6 is 15.9 Å². The van der Waals surface area contributed by atoms with Gasteiger partial charge in [0.05, 0.1) is 18.5 Å². The molecule has 0 amide bonds. The van der Waals surface area contributed by atoms with E-state index >= 15 is 0 Å². The summed E-state index contributed by atoms with van der Waals surface area (Å²) in [5.74, 6) is 0.768. The summed E-state index contributed by atoms with van der Waals surface area (Å²) in [7, 11) is 3.54. The van der Waals surface area contributed by atoms with Crippen LogP contribution in [0.25, 0.3) is 0 Å². The van der Waals surface area contributed by atoms with E-state index in [0.29, 0.717) is 5.56 Å². The standard InChI is InChI=1S/C15H14BrNO2/c1-17(14-5-3-4-6-15(14)19-2)13-8-7-12(16)9-11(13)10-18/h3-10H,1-2H3. The number of hydrogen-bond donors (Lipinski definition) is 0. The zero-order valence-corrected chi connectivity index (χ0v) is 12.3. The Kier molecular flexibility index (Phi) is 4.22. The summed E-state index contributed by atoms with van der Waals surface area (Å²) in [5.41, 5.74) is 2.38. The molecular weight excluding hydrogens is 306 g/mol. The maximum atomic E-state index is 11.2. The number of nitrogens with zero attached hydrogens (tertiary/aromatic N) is 1. The summed E-state index contributed by atoms with van der Waals surface area (Å²) >= 11 is 3.37. The first-order valence-electron chi connectivity index (χ1n) is 5.79. The van der Waals surface area contributed by atoms with E-state index in [2.05, 4.69) is 15.9 Å². The fourth-order valence-corrected chi connectivity index (χ4v) is 2.34. The van der Waals surface area contributed by atoms with Crippen molar-refractivity contribution < 1.29 is 9.53 Å². The van der Waals surface area contributed by atoms with E-state index < -0.39 is 0 Å². The quantitative estimate of drug-likeness (QED) is 0.796. The zero-order chi connectivity index (χ0) is 13.8. The molecule has 0 saturated carbocycles. The number of benzene rings is 2. The number of para-hydroxylation sites is 2. The van der Waals surface area contributed by atoms with Crippen molar-refractivity contribution in [2.75, 3.05) is 19.1 Å². The molecule has 98 valence electrons. The van der Waals surface area contributed by atoms with Crippen molar-refractivity contribution in [3.05, 3.63) is 52.5 Å². The van der Waals surface area contributed by atoms with Crippen LogP contribution in [0.4, 0.5) is 11.4 Å². The molecule has 2 rings (SSSR count). The van der Waals surface area contributed by atoms with E-state index in [9.17, 15) is 4.79 Å². The first kappa shape index (κ1) is 13.6. The van der Waals surface area contributed by atoms with Gasteiger partial charge in [-0.15, -0.1) is 0 Å². The Morgan fingerprint density at radius 3 is 2.58 bits per heavy atom. The molecule has 0 aromatic heterocycles. The minimum absolute atomic E-state index is 0.628. The fraction of sp³-hybridized carbons (Fsp3) is 0.133. The molecule has 0 radical (unpaired) electrons. The molecule has 3 nitrogen and oxygen atoms in total. The second-order valence-electron chi connectivity index (χ2n) is 4.05. The Morgan fingerprint density at radius 1 is 1.16 bits per heavy atom. The van der Waals surface area contributed by atoms with E-state index in [1.165, 1.54) is 0 Å². The predicted octanol–water partition coefficient (Wildman–Crippen LogP) is 4.04. The molecule has 0 bridgehead atoms. The van der Waals surface area contributed by atoms with E-state index in [1.807, 2.05) is 48.3 Å². The molecule has 0 saturated heterocycles. The second-order valence-corrected chi connectivity index (χ2v) is 4.97. The van der Waals surface area contributed by atoms with E-state index in [0.717, 1.165) is 27.9 Å². The Morgan fingerprint density at radius 2 is 1.89 bits per heavy atom. The number of hydrogen-bond acceptors (Lipinski definition) is 3. The molecule has 0 atom stereocenters. The lowest BCUT2D eigenvalue weighted by atomic mass is 10.1. The summed E-state index contributed by atoms with van der Waals surface area (Å²) in [5, 5.41) is 0. The van der Waals surface area contributed by atoms with Crippen LogP contribution in [-0.4, -0.2) is 20.4 Å². The Balaban J connectivity index is 2.49. The molecule has 0 unspecified atom stereocenters. The lowest BCUT2D eigenvalue weighted by Crippen LogP contribution is -2.12. The maximum absolute atomic E-state index is 11.2. The molecule has 0 heterocycles. The van der Waals surface area contributed by atoms with Crippen LogP contribution < -0.4 is 9.64 Å². The van der Waals surface area contributed by atoms with Crippen molar-refractivity contribution in [3.8, 4) is 5.75 Å². The number of ether oxygens (including phenoxy) is 1. The van der Waals surface area contributed by atoms with Gasteiger partial charge in [0.15, 0.2) is 6.29 Å². The van der Waals surface area contributed by atoms with Crippen molar-refractivity contribution in [1.82, 2.24) is 0 Å². The number of carbonyl (C=O) groups excluding carboxylic acids is 1. The number of aldehydes is 1. The summed E-state index contributed by atoms with van der Waals surface area (Å²) in [6, 6.07) is 13.3. The highest BCUT2D eigenvalue weighted by atomic mass is 79.9.